The van der Waals surface area contributed by atoms with Crippen molar-refractivity contribution in [2.75, 3.05) is 0 Å². The lowest BCUT2D eigenvalue weighted by molar-refractivity contribution is 0.557. The van der Waals surface area contributed by atoms with Gasteiger partial charge in [-0.25, -0.2) is 0 Å². The predicted octanol–water partition coefficient (Wildman–Crippen LogP) is 3.96. The summed E-state index contributed by atoms with van der Waals surface area (Å²) in [4.78, 5) is 8.70. The zero-order valence-electron chi connectivity index (χ0n) is 9.96. The number of thiophene rings is 1. The maximum absolute atomic E-state index is 5.41. The summed E-state index contributed by atoms with van der Waals surface area (Å²) in [6.07, 6.45) is 4.63. The van der Waals surface area contributed by atoms with Crippen LogP contribution < -0.4 is 0 Å². The molecule has 3 nitrogen and oxygen atoms in total. The van der Waals surface area contributed by atoms with Crippen LogP contribution in [0.25, 0.3) is 11.0 Å². The van der Waals surface area contributed by atoms with Gasteiger partial charge in [-0.2, -0.15) is 0 Å². The highest BCUT2D eigenvalue weighted by Crippen LogP contribution is 2.23. The summed E-state index contributed by atoms with van der Waals surface area (Å²) >= 11 is 7.20. The molecule has 0 aliphatic heterocycles. The normalized spacial score (nSPS) is 12.9. The lowest BCUT2D eigenvalue weighted by atomic mass is 10.2. The first-order chi connectivity index (χ1) is 8.75. The van der Waals surface area contributed by atoms with Crippen LogP contribution in [-0.2, 0) is 6.42 Å². The van der Waals surface area contributed by atoms with Gasteiger partial charge in [0.2, 0.25) is 0 Å². The van der Waals surface area contributed by atoms with Gasteiger partial charge in [0.1, 0.15) is 0 Å². The van der Waals surface area contributed by atoms with Gasteiger partial charge in [0.15, 0.2) is 4.77 Å². The van der Waals surface area contributed by atoms with Gasteiger partial charge in [0.05, 0.1) is 17.2 Å². The van der Waals surface area contributed by atoms with Crippen LogP contribution in [0.5, 0.6) is 0 Å². The molecule has 0 fully saturated rings. The summed E-state index contributed by atoms with van der Waals surface area (Å²) in [5.74, 6) is 0. The number of aromatic nitrogens is 3. The van der Waals surface area contributed by atoms with Crippen LogP contribution in [0.1, 0.15) is 17.8 Å². The fourth-order valence-electron chi connectivity index (χ4n) is 2.23. The van der Waals surface area contributed by atoms with E-state index in [2.05, 4.69) is 39.0 Å². The van der Waals surface area contributed by atoms with Crippen molar-refractivity contribution in [2.45, 2.75) is 19.4 Å². The topological polar surface area (TPSA) is 33.6 Å². The van der Waals surface area contributed by atoms with Crippen LogP contribution in [0.2, 0.25) is 0 Å². The van der Waals surface area contributed by atoms with Gasteiger partial charge < -0.3 is 9.55 Å². The van der Waals surface area contributed by atoms with Crippen LogP contribution >= 0.6 is 23.6 Å². The Hall–Kier alpha value is -1.46. The Morgan fingerprint density at radius 3 is 3.17 bits per heavy atom. The predicted molar refractivity (Wildman–Crippen MR) is 77.7 cm³/mol. The molecule has 1 N–H and O–H groups in total. The molecule has 3 rings (SSSR count). The number of rotatable bonds is 3. The van der Waals surface area contributed by atoms with Gasteiger partial charge in [-0.15, -0.1) is 11.3 Å². The van der Waals surface area contributed by atoms with Gasteiger partial charge in [-0.1, -0.05) is 6.07 Å². The number of aromatic amines is 1. The molecule has 92 valence electrons. The lowest BCUT2D eigenvalue weighted by Crippen LogP contribution is -2.07. The Morgan fingerprint density at radius 1 is 1.50 bits per heavy atom. The molecule has 0 aliphatic carbocycles. The number of nitrogens with zero attached hydrogens (tertiary/aromatic N) is 2. The SMILES string of the molecule is CC(Cc1cccs1)n1c(=S)[nH]c2cnccc21. The molecule has 0 saturated heterocycles. The van der Waals surface area contributed by atoms with Crippen molar-refractivity contribution in [2.24, 2.45) is 0 Å². The fraction of sp³-hybridized carbons (Fsp3) is 0.231. The third kappa shape index (κ3) is 2.00. The molecule has 5 heteroatoms. The Bertz CT molecular complexity index is 709. The summed E-state index contributed by atoms with van der Waals surface area (Å²) in [5.41, 5.74) is 2.12. The minimum absolute atomic E-state index is 0.340. The molecule has 0 aromatic carbocycles. The number of fused-ring (bicyclic) bond motifs is 1. The van der Waals surface area contributed by atoms with E-state index < -0.39 is 0 Å². The van der Waals surface area contributed by atoms with E-state index in [1.54, 1.807) is 17.5 Å². The van der Waals surface area contributed by atoms with Gasteiger partial charge >= 0.3 is 0 Å². The summed E-state index contributed by atoms with van der Waals surface area (Å²) in [5, 5.41) is 2.11. The standard InChI is InChI=1S/C13H13N3S2/c1-9(7-10-3-2-6-18-10)16-12-4-5-14-8-11(12)15-13(16)17/h2-6,8-9H,7H2,1H3,(H,15,17). The molecule has 0 amide bonds. The van der Waals surface area contributed by atoms with Crippen molar-refractivity contribution in [3.63, 3.8) is 0 Å². The number of hydrogen-bond donors (Lipinski definition) is 1. The minimum Gasteiger partial charge on any atom is -0.329 e. The molecule has 3 heterocycles. The number of imidazole rings is 1. The van der Waals surface area contributed by atoms with E-state index in [1.165, 1.54) is 4.88 Å². The molecular weight excluding hydrogens is 262 g/mol. The molecule has 0 saturated carbocycles. The maximum Gasteiger partial charge on any atom is 0.178 e. The average molecular weight is 275 g/mol. The van der Waals surface area contributed by atoms with Crippen molar-refractivity contribution in [3.05, 3.63) is 45.6 Å². The minimum atomic E-state index is 0.340. The van der Waals surface area contributed by atoms with Crippen molar-refractivity contribution in [1.82, 2.24) is 14.5 Å². The van der Waals surface area contributed by atoms with Crippen LogP contribution in [-0.4, -0.2) is 14.5 Å². The highest BCUT2D eigenvalue weighted by molar-refractivity contribution is 7.71. The average Bonchev–Trinajstić information content (AvgIpc) is 2.94. The van der Waals surface area contributed by atoms with E-state index in [0.29, 0.717) is 6.04 Å². The molecule has 1 atom stereocenters. The summed E-state index contributed by atoms with van der Waals surface area (Å²) in [7, 11) is 0. The Balaban J connectivity index is 2.03. The lowest BCUT2D eigenvalue weighted by Gasteiger charge is -2.13. The Labute approximate surface area is 114 Å². The smallest absolute Gasteiger partial charge is 0.178 e. The van der Waals surface area contributed by atoms with E-state index >= 15 is 0 Å². The van der Waals surface area contributed by atoms with E-state index in [1.807, 2.05) is 12.3 Å². The highest BCUT2D eigenvalue weighted by Gasteiger charge is 2.12. The Kier molecular flexibility index (Phi) is 3.01. The first kappa shape index (κ1) is 11.6. The monoisotopic (exact) mass is 275 g/mol. The second kappa shape index (κ2) is 4.66. The number of H-pyrrole nitrogens is 1. The van der Waals surface area contributed by atoms with Crippen LogP contribution in [0.3, 0.4) is 0 Å². The Morgan fingerprint density at radius 2 is 2.39 bits per heavy atom. The largest absolute Gasteiger partial charge is 0.329 e. The van der Waals surface area contributed by atoms with Crippen LogP contribution in [0.4, 0.5) is 0 Å². The zero-order valence-corrected chi connectivity index (χ0v) is 11.6. The molecule has 3 aromatic rings. The van der Waals surface area contributed by atoms with E-state index in [9.17, 15) is 0 Å². The fourth-order valence-corrected chi connectivity index (χ4v) is 3.44. The molecule has 0 spiro atoms. The molecule has 3 aromatic heterocycles. The first-order valence-corrected chi connectivity index (χ1v) is 7.11. The maximum atomic E-state index is 5.41. The van der Waals surface area contributed by atoms with Gasteiger partial charge in [-0.3, -0.25) is 4.98 Å². The second-order valence-corrected chi connectivity index (χ2v) is 5.74. The third-order valence-electron chi connectivity index (χ3n) is 3.04. The van der Waals surface area contributed by atoms with Crippen molar-refractivity contribution < 1.29 is 0 Å². The van der Waals surface area contributed by atoms with Crippen molar-refractivity contribution in [3.8, 4) is 0 Å². The quantitative estimate of drug-likeness (QED) is 0.734. The summed E-state index contributed by atoms with van der Waals surface area (Å²) in [6, 6.07) is 6.60. The molecule has 0 aliphatic rings. The third-order valence-corrected chi connectivity index (χ3v) is 4.23. The van der Waals surface area contributed by atoms with Crippen molar-refractivity contribution in [1.29, 1.82) is 0 Å². The number of pyridine rings is 1. The highest BCUT2D eigenvalue weighted by atomic mass is 32.1. The van der Waals surface area contributed by atoms with E-state index in [0.717, 1.165) is 22.2 Å². The van der Waals surface area contributed by atoms with E-state index in [4.69, 9.17) is 12.2 Å². The molecule has 0 bridgehead atoms. The summed E-state index contributed by atoms with van der Waals surface area (Å²) < 4.78 is 2.94. The van der Waals surface area contributed by atoms with Crippen LogP contribution in [0.15, 0.2) is 36.0 Å². The molecular formula is C13H13N3S2. The van der Waals surface area contributed by atoms with E-state index in [-0.39, 0.29) is 0 Å². The zero-order chi connectivity index (χ0) is 12.5. The van der Waals surface area contributed by atoms with Gasteiger partial charge in [0.25, 0.3) is 0 Å². The first-order valence-electron chi connectivity index (χ1n) is 5.82. The van der Waals surface area contributed by atoms with Crippen LogP contribution in [0, 0.1) is 4.77 Å². The molecule has 0 radical (unpaired) electrons. The summed E-state index contributed by atoms with van der Waals surface area (Å²) in [6.45, 7) is 2.20. The number of nitrogens with one attached hydrogen (secondary N) is 1. The number of hydrogen-bond acceptors (Lipinski definition) is 3. The molecule has 1 unspecified atom stereocenters. The van der Waals surface area contributed by atoms with Gasteiger partial charge in [0, 0.05) is 23.5 Å². The van der Waals surface area contributed by atoms with Gasteiger partial charge in [-0.05, 0) is 36.7 Å². The molecule has 18 heavy (non-hydrogen) atoms. The second-order valence-electron chi connectivity index (χ2n) is 4.33. The van der Waals surface area contributed by atoms with Crippen molar-refractivity contribution >= 4 is 34.6 Å².